The molecule has 7 nitrogen and oxygen atoms in total. The van der Waals surface area contributed by atoms with Crippen LogP contribution in [0.25, 0.3) is 22.2 Å². The number of hydrogen-bond acceptors (Lipinski definition) is 5. The fraction of sp³-hybridized carbons (Fsp3) is 0.125. The highest BCUT2D eigenvalue weighted by atomic mass is 19.1. The quantitative estimate of drug-likeness (QED) is 0.226. The Labute approximate surface area is 231 Å². The summed E-state index contributed by atoms with van der Waals surface area (Å²) >= 11 is 0. The maximum Gasteiger partial charge on any atom is 0.183 e. The van der Waals surface area contributed by atoms with E-state index < -0.39 is 0 Å². The Bertz CT molecular complexity index is 1790. The monoisotopic (exact) mass is 529 g/mol. The lowest BCUT2D eigenvalue weighted by molar-refractivity contribution is 0.630. The Morgan fingerprint density at radius 1 is 0.925 bits per heavy atom. The lowest BCUT2D eigenvalue weighted by Crippen LogP contribution is -2.04. The van der Waals surface area contributed by atoms with Gasteiger partial charge < -0.3 is 9.88 Å². The number of aryl methyl sites for hydroxylation is 3. The molecule has 0 amide bonds. The van der Waals surface area contributed by atoms with Crippen LogP contribution in [0.3, 0.4) is 0 Å². The molecule has 198 valence electrons. The molecule has 0 unspecified atom stereocenters. The number of nitrogens with zero attached hydrogens (tertiary/aromatic N) is 6. The summed E-state index contributed by atoms with van der Waals surface area (Å²) in [5, 5.41) is 7.49. The topological polar surface area (TPSA) is 72.9 Å². The molecule has 6 rings (SSSR count). The van der Waals surface area contributed by atoms with E-state index in [1.165, 1.54) is 6.07 Å². The third kappa shape index (κ3) is 4.87. The number of rotatable bonds is 7. The highest BCUT2D eigenvalue weighted by Crippen LogP contribution is 2.33. The number of fused-ring (bicyclic) bond motifs is 1. The summed E-state index contributed by atoms with van der Waals surface area (Å²) < 4.78 is 19.2. The van der Waals surface area contributed by atoms with E-state index in [9.17, 15) is 0 Å². The molecule has 0 aliphatic rings. The van der Waals surface area contributed by atoms with Crippen LogP contribution in [0.2, 0.25) is 0 Å². The summed E-state index contributed by atoms with van der Waals surface area (Å²) in [4.78, 5) is 14.5. The largest absolute Gasteiger partial charge is 0.337 e. The molecule has 0 saturated carbocycles. The van der Waals surface area contributed by atoms with Gasteiger partial charge in [0.25, 0.3) is 0 Å². The number of benzene rings is 3. The Hall–Kier alpha value is -5.11. The SMILES string of the molecule is CCc1cc(-c2cnn(C)c2)cc(F)c1Nc1cc2c(ncn2C)c(N=C(c2ccccc2)c2ccccc2)n1. The molecule has 0 spiro atoms. The number of aromatic nitrogens is 5. The lowest BCUT2D eigenvalue weighted by atomic mass is 10.0. The van der Waals surface area contributed by atoms with Gasteiger partial charge in [-0.15, -0.1) is 0 Å². The molecule has 8 heteroatoms. The first-order valence-corrected chi connectivity index (χ1v) is 13.1. The maximum absolute atomic E-state index is 15.6. The standard InChI is InChI=1S/C32H28FN7/c1-4-21-15-24(25-18-35-40(3)19-25)16-26(33)30(21)36-28-17-27-31(34-20-39(27)2)32(37-28)38-29(22-11-7-5-8-12-22)23-13-9-6-10-14-23/h5-20H,4H2,1-3H3,(H,36,37). The van der Waals surface area contributed by atoms with E-state index in [1.807, 2.05) is 105 Å². The Kier molecular flexibility index (Phi) is 6.66. The minimum absolute atomic E-state index is 0.357. The van der Waals surface area contributed by atoms with Crippen LogP contribution in [0.15, 0.2) is 103 Å². The molecule has 0 aliphatic heterocycles. The van der Waals surface area contributed by atoms with Gasteiger partial charge in [-0.05, 0) is 29.7 Å². The highest BCUT2D eigenvalue weighted by molar-refractivity contribution is 6.14. The molecule has 0 atom stereocenters. The molecule has 3 heterocycles. The van der Waals surface area contributed by atoms with Crippen molar-refractivity contribution in [2.75, 3.05) is 5.32 Å². The summed E-state index contributed by atoms with van der Waals surface area (Å²) in [5.41, 5.74) is 7.08. The van der Waals surface area contributed by atoms with Crippen LogP contribution in [0, 0.1) is 5.82 Å². The van der Waals surface area contributed by atoms with Gasteiger partial charge in [0.05, 0.1) is 29.4 Å². The number of nitrogens with one attached hydrogen (secondary N) is 1. The fourth-order valence-corrected chi connectivity index (χ4v) is 4.79. The molecule has 1 N–H and O–H groups in total. The summed E-state index contributed by atoms with van der Waals surface area (Å²) in [6.45, 7) is 2.01. The Balaban J connectivity index is 1.48. The van der Waals surface area contributed by atoms with Crippen LogP contribution < -0.4 is 5.32 Å². The molecule has 3 aromatic heterocycles. The normalized spacial score (nSPS) is 11.1. The zero-order chi connectivity index (χ0) is 27.6. The van der Waals surface area contributed by atoms with Gasteiger partial charge >= 0.3 is 0 Å². The predicted molar refractivity (Wildman–Crippen MR) is 158 cm³/mol. The number of aliphatic imine (C=N–C) groups is 1. The third-order valence-electron chi connectivity index (χ3n) is 6.85. The van der Waals surface area contributed by atoms with Crippen LogP contribution in [0.1, 0.15) is 23.6 Å². The van der Waals surface area contributed by atoms with E-state index in [-0.39, 0.29) is 5.82 Å². The lowest BCUT2D eigenvalue weighted by Gasteiger charge is -2.15. The maximum atomic E-state index is 15.6. The van der Waals surface area contributed by atoms with Gasteiger partial charge in [-0.1, -0.05) is 67.6 Å². The molecule has 3 aromatic carbocycles. The van der Waals surface area contributed by atoms with Crippen molar-refractivity contribution in [3.63, 3.8) is 0 Å². The zero-order valence-corrected chi connectivity index (χ0v) is 22.5. The average Bonchev–Trinajstić information content (AvgIpc) is 3.59. The van der Waals surface area contributed by atoms with Gasteiger partial charge in [0, 0.05) is 43.0 Å². The first-order valence-electron chi connectivity index (χ1n) is 13.1. The molecule has 40 heavy (non-hydrogen) atoms. The van der Waals surface area contributed by atoms with E-state index in [0.29, 0.717) is 29.3 Å². The molecular weight excluding hydrogens is 501 g/mol. The van der Waals surface area contributed by atoms with Crippen molar-refractivity contribution in [3.05, 3.63) is 120 Å². The van der Waals surface area contributed by atoms with Crippen molar-refractivity contribution in [1.29, 1.82) is 0 Å². The summed E-state index contributed by atoms with van der Waals surface area (Å²) in [6.07, 6.45) is 5.99. The zero-order valence-electron chi connectivity index (χ0n) is 22.5. The van der Waals surface area contributed by atoms with Crippen LogP contribution in [0.5, 0.6) is 0 Å². The van der Waals surface area contributed by atoms with Crippen LogP contribution >= 0.6 is 0 Å². The first-order chi connectivity index (χ1) is 19.5. The average molecular weight is 530 g/mol. The van der Waals surface area contributed by atoms with Gasteiger partial charge in [-0.2, -0.15) is 5.10 Å². The van der Waals surface area contributed by atoms with Gasteiger partial charge in [0.1, 0.15) is 17.2 Å². The number of imidazole rings is 1. The van der Waals surface area contributed by atoms with Crippen LogP contribution in [0.4, 0.5) is 21.7 Å². The fourth-order valence-electron chi connectivity index (χ4n) is 4.79. The summed E-state index contributed by atoms with van der Waals surface area (Å²) in [6, 6.07) is 25.4. The second-order valence-electron chi connectivity index (χ2n) is 9.62. The van der Waals surface area contributed by atoms with Gasteiger partial charge in [0.15, 0.2) is 5.82 Å². The molecule has 0 aliphatic carbocycles. The number of hydrogen-bond donors (Lipinski definition) is 1. The second kappa shape index (κ2) is 10.6. The summed E-state index contributed by atoms with van der Waals surface area (Å²) in [7, 11) is 3.76. The second-order valence-corrected chi connectivity index (χ2v) is 9.62. The third-order valence-corrected chi connectivity index (χ3v) is 6.85. The Morgan fingerprint density at radius 2 is 1.62 bits per heavy atom. The summed E-state index contributed by atoms with van der Waals surface area (Å²) in [5.74, 6) is 0.580. The molecule has 0 saturated heterocycles. The van der Waals surface area contributed by atoms with Crippen molar-refractivity contribution in [1.82, 2.24) is 24.3 Å². The number of pyridine rings is 1. The van der Waals surface area contributed by atoms with Gasteiger partial charge in [-0.25, -0.2) is 19.4 Å². The number of anilines is 2. The molecule has 0 bridgehead atoms. The van der Waals surface area contributed by atoms with E-state index in [0.717, 1.165) is 39.0 Å². The predicted octanol–water partition coefficient (Wildman–Crippen LogP) is 6.98. The van der Waals surface area contributed by atoms with Crippen molar-refractivity contribution in [2.24, 2.45) is 19.1 Å². The van der Waals surface area contributed by atoms with Crippen molar-refractivity contribution in [3.8, 4) is 11.1 Å². The van der Waals surface area contributed by atoms with Crippen molar-refractivity contribution < 1.29 is 4.39 Å². The van der Waals surface area contributed by atoms with E-state index in [1.54, 1.807) is 17.2 Å². The minimum Gasteiger partial charge on any atom is -0.337 e. The molecule has 0 fully saturated rings. The number of halogens is 1. The van der Waals surface area contributed by atoms with Gasteiger partial charge in [-0.3, -0.25) is 4.68 Å². The molecular formula is C32H28FN7. The van der Waals surface area contributed by atoms with Crippen LogP contribution in [-0.2, 0) is 20.5 Å². The Morgan fingerprint density at radius 3 is 2.25 bits per heavy atom. The smallest absolute Gasteiger partial charge is 0.183 e. The van der Waals surface area contributed by atoms with Gasteiger partial charge in [0.2, 0.25) is 0 Å². The minimum atomic E-state index is -0.357. The van der Waals surface area contributed by atoms with E-state index >= 15 is 4.39 Å². The molecule has 0 radical (unpaired) electrons. The first kappa shape index (κ1) is 25.2. The molecule has 6 aromatic rings. The van der Waals surface area contributed by atoms with E-state index in [4.69, 9.17) is 9.98 Å². The van der Waals surface area contributed by atoms with Crippen LogP contribution in [-0.4, -0.2) is 30.0 Å². The van der Waals surface area contributed by atoms with E-state index in [2.05, 4.69) is 15.4 Å². The van der Waals surface area contributed by atoms with Crippen molar-refractivity contribution in [2.45, 2.75) is 13.3 Å². The highest BCUT2D eigenvalue weighted by Gasteiger charge is 2.17. The van der Waals surface area contributed by atoms with Crippen molar-refractivity contribution >= 4 is 34.1 Å².